The molecule has 1 amide bonds. The average molecular weight is 294 g/mol. The molecule has 1 aromatic carbocycles. The fraction of sp³-hybridized carbons (Fsp3) is 0.562. The number of benzene rings is 1. The van der Waals surface area contributed by atoms with E-state index in [0.717, 1.165) is 5.56 Å². The van der Waals surface area contributed by atoms with Gasteiger partial charge >= 0.3 is 6.09 Å². The average Bonchev–Trinajstić information content (AvgIpc) is 2.28. The standard InChI is InChI=1S/C16H26N2O3/c1-16(2,3)21-15(20)17-13(11-18(4)5)10-12-6-8-14(19)9-7-12/h6-9,13,19H,10-11H2,1-5H3,(H,17,20)/t13-/m0/s1. The summed E-state index contributed by atoms with van der Waals surface area (Å²) in [5.74, 6) is 0.239. The number of aromatic hydroxyl groups is 1. The Labute approximate surface area is 126 Å². The molecule has 21 heavy (non-hydrogen) atoms. The second kappa shape index (κ2) is 7.31. The number of nitrogens with zero attached hydrogens (tertiary/aromatic N) is 1. The zero-order valence-electron chi connectivity index (χ0n) is 13.5. The van der Waals surface area contributed by atoms with Crippen LogP contribution in [-0.4, -0.2) is 48.4 Å². The third-order valence-electron chi connectivity index (χ3n) is 2.72. The lowest BCUT2D eigenvalue weighted by molar-refractivity contribution is 0.0497. The second-order valence-electron chi connectivity index (χ2n) is 6.48. The molecular formula is C16H26N2O3. The molecule has 1 rings (SSSR count). The van der Waals surface area contributed by atoms with Crippen molar-refractivity contribution in [2.75, 3.05) is 20.6 Å². The number of ether oxygens (including phenoxy) is 1. The van der Waals surface area contributed by atoms with Crippen molar-refractivity contribution >= 4 is 6.09 Å². The van der Waals surface area contributed by atoms with Crippen LogP contribution in [-0.2, 0) is 11.2 Å². The summed E-state index contributed by atoms with van der Waals surface area (Å²) in [6, 6.07) is 6.95. The van der Waals surface area contributed by atoms with Crippen molar-refractivity contribution in [1.82, 2.24) is 10.2 Å². The zero-order chi connectivity index (χ0) is 16.0. The van der Waals surface area contributed by atoms with Gasteiger partial charge in [0.25, 0.3) is 0 Å². The number of hydrogen-bond acceptors (Lipinski definition) is 4. The molecule has 0 aliphatic rings. The lowest BCUT2D eigenvalue weighted by atomic mass is 10.1. The second-order valence-corrected chi connectivity index (χ2v) is 6.48. The van der Waals surface area contributed by atoms with Crippen LogP contribution in [0.2, 0.25) is 0 Å². The molecule has 0 unspecified atom stereocenters. The Balaban J connectivity index is 2.67. The van der Waals surface area contributed by atoms with E-state index in [4.69, 9.17) is 4.74 Å². The molecule has 0 bridgehead atoms. The molecule has 0 aliphatic carbocycles. The monoisotopic (exact) mass is 294 g/mol. The highest BCUT2D eigenvalue weighted by atomic mass is 16.6. The van der Waals surface area contributed by atoms with Gasteiger partial charge in [-0.15, -0.1) is 0 Å². The van der Waals surface area contributed by atoms with E-state index in [9.17, 15) is 9.90 Å². The topological polar surface area (TPSA) is 61.8 Å². The molecule has 5 nitrogen and oxygen atoms in total. The number of nitrogens with one attached hydrogen (secondary N) is 1. The lowest BCUT2D eigenvalue weighted by Crippen LogP contribution is -2.45. The predicted octanol–water partition coefficient (Wildman–Crippen LogP) is 2.39. The molecule has 118 valence electrons. The van der Waals surface area contributed by atoms with E-state index in [1.54, 1.807) is 12.1 Å². The minimum Gasteiger partial charge on any atom is -0.508 e. The zero-order valence-corrected chi connectivity index (χ0v) is 13.5. The molecule has 0 spiro atoms. The van der Waals surface area contributed by atoms with Crippen LogP contribution in [0.15, 0.2) is 24.3 Å². The predicted molar refractivity (Wildman–Crippen MR) is 83.5 cm³/mol. The van der Waals surface area contributed by atoms with Gasteiger partial charge in [0, 0.05) is 12.6 Å². The van der Waals surface area contributed by atoms with Gasteiger partial charge in [0.2, 0.25) is 0 Å². The Kier molecular flexibility index (Phi) is 6.03. The van der Waals surface area contributed by atoms with Crippen LogP contribution in [0.5, 0.6) is 5.75 Å². The van der Waals surface area contributed by atoms with Crippen molar-refractivity contribution in [3.8, 4) is 5.75 Å². The maximum atomic E-state index is 11.9. The van der Waals surface area contributed by atoms with Gasteiger partial charge in [-0.25, -0.2) is 4.79 Å². The summed E-state index contributed by atoms with van der Waals surface area (Å²) in [7, 11) is 3.92. The van der Waals surface area contributed by atoms with E-state index in [0.29, 0.717) is 13.0 Å². The third kappa shape index (κ3) is 7.56. The van der Waals surface area contributed by atoms with Gasteiger partial charge in [-0.2, -0.15) is 0 Å². The largest absolute Gasteiger partial charge is 0.508 e. The molecule has 0 heterocycles. The van der Waals surface area contributed by atoms with Crippen molar-refractivity contribution in [3.05, 3.63) is 29.8 Å². The summed E-state index contributed by atoms with van der Waals surface area (Å²) >= 11 is 0. The number of carbonyl (C=O) groups is 1. The van der Waals surface area contributed by atoms with Crippen molar-refractivity contribution in [3.63, 3.8) is 0 Å². The lowest BCUT2D eigenvalue weighted by Gasteiger charge is -2.25. The molecule has 5 heteroatoms. The molecule has 0 saturated heterocycles. The Morgan fingerprint density at radius 3 is 2.33 bits per heavy atom. The SMILES string of the molecule is CN(C)C[C@H](Cc1ccc(O)cc1)NC(=O)OC(C)(C)C. The van der Waals surface area contributed by atoms with E-state index in [2.05, 4.69) is 5.32 Å². The Bertz CT molecular complexity index is 450. The summed E-state index contributed by atoms with van der Waals surface area (Å²) in [4.78, 5) is 13.9. The number of phenols is 1. The number of phenolic OH excluding ortho intramolecular Hbond substituents is 1. The van der Waals surface area contributed by atoms with Crippen LogP contribution in [0.3, 0.4) is 0 Å². The Morgan fingerprint density at radius 2 is 1.86 bits per heavy atom. The first kappa shape index (κ1) is 17.3. The number of likely N-dealkylation sites (N-methyl/N-ethyl adjacent to an activating group) is 1. The minimum absolute atomic E-state index is 0.0561. The summed E-state index contributed by atoms with van der Waals surface area (Å²) in [5.41, 5.74) is 0.543. The van der Waals surface area contributed by atoms with Crippen molar-refractivity contribution in [2.45, 2.75) is 38.8 Å². The first-order valence-corrected chi connectivity index (χ1v) is 7.08. The number of carbonyl (C=O) groups excluding carboxylic acids is 1. The molecule has 1 aromatic rings. The van der Waals surface area contributed by atoms with Crippen LogP contribution < -0.4 is 5.32 Å². The quantitative estimate of drug-likeness (QED) is 0.875. The van der Waals surface area contributed by atoms with Crippen LogP contribution in [0.25, 0.3) is 0 Å². The molecule has 0 fully saturated rings. The van der Waals surface area contributed by atoms with Crippen LogP contribution in [0.1, 0.15) is 26.3 Å². The van der Waals surface area contributed by atoms with Crippen molar-refractivity contribution < 1.29 is 14.6 Å². The van der Waals surface area contributed by atoms with Gasteiger partial charge in [-0.05, 0) is 59.0 Å². The Hall–Kier alpha value is -1.75. The summed E-state index contributed by atoms with van der Waals surface area (Å²) in [6.45, 7) is 6.23. The van der Waals surface area contributed by atoms with E-state index in [1.807, 2.05) is 51.9 Å². The normalized spacial score (nSPS) is 13.0. The fourth-order valence-corrected chi connectivity index (χ4v) is 1.99. The fourth-order valence-electron chi connectivity index (χ4n) is 1.99. The highest BCUT2D eigenvalue weighted by Crippen LogP contribution is 2.12. The molecule has 0 aliphatic heterocycles. The van der Waals surface area contributed by atoms with E-state index in [1.165, 1.54) is 0 Å². The Morgan fingerprint density at radius 1 is 1.29 bits per heavy atom. The number of hydrogen-bond donors (Lipinski definition) is 2. The van der Waals surface area contributed by atoms with E-state index < -0.39 is 11.7 Å². The summed E-state index contributed by atoms with van der Waals surface area (Å²) < 4.78 is 5.30. The van der Waals surface area contributed by atoms with Crippen molar-refractivity contribution in [2.24, 2.45) is 0 Å². The molecule has 1 atom stereocenters. The van der Waals surface area contributed by atoms with Gasteiger partial charge in [0.05, 0.1) is 0 Å². The maximum absolute atomic E-state index is 11.9. The molecule has 0 aromatic heterocycles. The minimum atomic E-state index is -0.509. The van der Waals surface area contributed by atoms with Crippen molar-refractivity contribution in [1.29, 1.82) is 0 Å². The first-order chi connectivity index (χ1) is 9.65. The smallest absolute Gasteiger partial charge is 0.407 e. The number of amides is 1. The van der Waals surface area contributed by atoms with Gasteiger partial charge < -0.3 is 20.1 Å². The highest BCUT2D eigenvalue weighted by molar-refractivity contribution is 5.68. The van der Waals surface area contributed by atoms with Gasteiger partial charge in [0.1, 0.15) is 11.4 Å². The number of rotatable bonds is 5. The van der Waals surface area contributed by atoms with E-state index >= 15 is 0 Å². The van der Waals surface area contributed by atoms with E-state index in [-0.39, 0.29) is 11.8 Å². The first-order valence-electron chi connectivity index (χ1n) is 7.08. The van der Waals surface area contributed by atoms with Gasteiger partial charge in [-0.1, -0.05) is 12.1 Å². The molecule has 0 saturated carbocycles. The maximum Gasteiger partial charge on any atom is 0.407 e. The molecule has 2 N–H and O–H groups in total. The third-order valence-corrected chi connectivity index (χ3v) is 2.72. The van der Waals surface area contributed by atoms with Crippen LogP contribution in [0, 0.1) is 0 Å². The summed E-state index contributed by atoms with van der Waals surface area (Å²) in [6.07, 6.45) is 0.269. The van der Waals surface area contributed by atoms with Gasteiger partial charge in [0.15, 0.2) is 0 Å². The van der Waals surface area contributed by atoms with Crippen LogP contribution in [0.4, 0.5) is 4.79 Å². The van der Waals surface area contributed by atoms with Gasteiger partial charge in [-0.3, -0.25) is 0 Å². The molecule has 0 radical (unpaired) electrons. The highest BCUT2D eigenvalue weighted by Gasteiger charge is 2.20. The molecular weight excluding hydrogens is 268 g/mol. The van der Waals surface area contributed by atoms with Crippen LogP contribution >= 0.6 is 0 Å². The summed E-state index contributed by atoms with van der Waals surface area (Å²) in [5, 5.41) is 12.2. The number of alkyl carbamates (subject to hydrolysis) is 1.